The lowest BCUT2D eigenvalue weighted by atomic mass is 10.1. The molecule has 1 aromatic heterocycles. The van der Waals surface area contributed by atoms with Gasteiger partial charge in [0.25, 0.3) is 5.91 Å². The van der Waals surface area contributed by atoms with Crippen LogP contribution in [0, 0.1) is 0 Å². The van der Waals surface area contributed by atoms with Gasteiger partial charge in [-0.05, 0) is 44.1 Å². The number of halogens is 2. The van der Waals surface area contributed by atoms with E-state index >= 15 is 0 Å². The van der Waals surface area contributed by atoms with Crippen LogP contribution < -0.4 is 0 Å². The number of benzene rings is 1. The first-order valence-corrected chi connectivity index (χ1v) is 11.3. The van der Waals surface area contributed by atoms with Crippen molar-refractivity contribution in [2.45, 2.75) is 19.3 Å². The molecule has 7 nitrogen and oxygen atoms in total. The maximum atomic E-state index is 13.0. The fourth-order valence-electron chi connectivity index (χ4n) is 4.03. The van der Waals surface area contributed by atoms with Gasteiger partial charge < -0.3 is 14.7 Å². The van der Waals surface area contributed by atoms with E-state index in [-0.39, 0.29) is 11.8 Å². The van der Waals surface area contributed by atoms with Crippen molar-refractivity contribution < 1.29 is 9.59 Å². The number of amides is 2. The predicted octanol–water partition coefficient (Wildman–Crippen LogP) is 3.22. The van der Waals surface area contributed by atoms with E-state index in [0.717, 1.165) is 25.2 Å². The summed E-state index contributed by atoms with van der Waals surface area (Å²) in [7, 11) is 0. The van der Waals surface area contributed by atoms with Crippen LogP contribution in [0.2, 0.25) is 10.0 Å². The Morgan fingerprint density at radius 1 is 0.871 bits per heavy atom. The third-order valence-electron chi connectivity index (χ3n) is 5.86. The van der Waals surface area contributed by atoms with Crippen LogP contribution in [0.15, 0.2) is 30.6 Å². The molecule has 0 spiro atoms. The maximum Gasteiger partial charge on any atom is 0.272 e. The molecular formula is C22H25Cl2N5O2. The number of aromatic nitrogens is 2. The molecule has 2 amide bonds. The summed E-state index contributed by atoms with van der Waals surface area (Å²) in [5.41, 5.74) is 1.69. The van der Waals surface area contributed by atoms with Crippen LogP contribution >= 0.6 is 23.2 Å². The van der Waals surface area contributed by atoms with Gasteiger partial charge >= 0.3 is 0 Å². The zero-order valence-corrected chi connectivity index (χ0v) is 18.8. The van der Waals surface area contributed by atoms with Gasteiger partial charge in [0.2, 0.25) is 5.91 Å². The van der Waals surface area contributed by atoms with E-state index in [9.17, 15) is 9.59 Å². The number of rotatable bonds is 5. The number of hydrogen-bond donors (Lipinski definition) is 0. The van der Waals surface area contributed by atoms with Gasteiger partial charge in [-0.2, -0.15) is 0 Å². The molecule has 3 heterocycles. The lowest BCUT2D eigenvalue weighted by Crippen LogP contribution is -2.51. The molecule has 4 rings (SSSR count). The molecule has 0 saturated carbocycles. The van der Waals surface area contributed by atoms with E-state index in [1.54, 1.807) is 29.2 Å². The van der Waals surface area contributed by atoms with Gasteiger partial charge in [-0.1, -0.05) is 29.3 Å². The second-order valence-electron chi connectivity index (χ2n) is 7.89. The summed E-state index contributed by atoms with van der Waals surface area (Å²) in [4.78, 5) is 39.8. The first-order chi connectivity index (χ1) is 15.0. The highest BCUT2D eigenvalue weighted by atomic mass is 35.5. The second kappa shape index (κ2) is 9.94. The lowest BCUT2D eigenvalue weighted by Gasteiger charge is -2.35. The monoisotopic (exact) mass is 461 g/mol. The third-order valence-corrected chi connectivity index (χ3v) is 6.60. The summed E-state index contributed by atoms with van der Waals surface area (Å²) in [6.45, 7) is 5.12. The number of carbonyl (C=O) groups excluding carboxylic acids is 2. The molecule has 0 atom stereocenters. The Bertz CT molecular complexity index is 957. The van der Waals surface area contributed by atoms with Crippen molar-refractivity contribution in [3.8, 4) is 11.3 Å². The molecule has 0 bridgehead atoms. The average Bonchev–Trinajstić information content (AvgIpc) is 3.33. The summed E-state index contributed by atoms with van der Waals surface area (Å²) in [6, 6.07) is 6.88. The Hall–Kier alpha value is -2.22. The molecule has 164 valence electrons. The third kappa shape index (κ3) is 5.34. The van der Waals surface area contributed by atoms with Crippen LogP contribution in [0.4, 0.5) is 0 Å². The van der Waals surface area contributed by atoms with Crippen molar-refractivity contribution >= 4 is 35.0 Å². The molecular weight excluding hydrogens is 437 g/mol. The van der Waals surface area contributed by atoms with Gasteiger partial charge in [0.05, 0.1) is 15.7 Å². The molecule has 2 aliphatic heterocycles. The van der Waals surface area contributed by atoms with Crippen LogP contribution in [-0.2, 0) is 4.79 Å². The Labute approximate surface area is 192 Å². The number of likely N-dealkylation sites (tertiary alicyclic amines) is 1. The highest BCUT2D eigenvalue weighted by Gasteiger charge is 2.26. The number of carbonyl (C=O) groups is 2. The first kappa shape index (κ1) is 22.0. The quantitative estimate of drug-likeness (QED) is 0.683. The summed E-state index contributed by atoms with van der Waals surface area (Å²) in [5.74, 6) is 0.0100. The van der Waals surface area contributed by atoms with Gasteiger partial charge in [0, 0.05) is 44.7 Å². The Morgan fingerprint density at radius 2 is 1.58 bits per heavy atom. The molecule has 0 radical (unpaired) electrons. The molecule has 2 aliphatic rings. The standard InChI is InChI=1S/C22H25Cl2N5O2/c23-17-4-3-16(13-18(17)24)19-14-20(26-15-25-19)22(31)29-11-9-28(10-12-29)21(30)5-8-27-6-1-2-7-27/h3-4,13-15H,1-2,5-12H2. The molecule has 2 saturated heterocycles. The molecule has 2 fully saturated rings. The summed E-state index contributed by atoms with van der Waals surface area (Å²) in [6.07, 6.45) is 4.38. The maximum absolute atomic E-state index is 13.0. The molecule has 0 unspecified atom stereocenters. The van der Waals surface area contributed by atoms with E-state index < -0.39 is 0 Å². The second-order valence-corrected chi connectivity index (χ2v) is 8.70. The SMILES string of the molecule is O=C(CCN1CCCC1)N1CCN(C(=O)c2cc(-c3ccc(Cl)c(Cl)c3)ncn2)CC1. The lowest BCUT2D eigenvalue weighted by molar-refractivity contribution is -0.133. The van der Waals surface area contributed by atoms with Crippen LogP contribution in [-0.4, -0.2) is 82.3 Å². The average molecular weight is 462 g/mol. The Morgan fingerprint density at radius 3 is 2.29 bits per heavy atom. The minimum atomic E-state index is -0.159. The van der Waals surface area contributed by atoms with Crippen LogP contribution in [0.5, 0.6) is 0 Å². The molecule has 2 aromatic rings. The predicted molar refractivity (Wildman–Crippen MR) is 120 cm³/mol. The van der Waals surface area contributed by atoms with Crippen molar-refractivity contribution in [3.63, 3.8) is 0 Å². The summed E-state index contributed by atoms with van der Waals surface area (Å²) >= 11 is 12.1. The number of piperazine rings is 1. The van der Waals surface area contributed by atoms with Crippen molar-refractivity contribution in [2.24, 2.45) is 0 Å². The number of nitrogens with zero attached hydrogens (tertiary/aromatic N) is 5. The van der Waals surface area contributed by atoms with Crippen molar-refractivity contribution in [2.75, 3.05) is 45.8 Å². The van der Waals surface area contributed by atoms with Gasteiger partial charge in [-0.25, -0.2) is 9.97 Å². The fourth-order valence-corrected chi connectivity index (χ4v) is 4.32. The Balaban J connectivity index is 1.34. The highest BCUT2D eigenvalue weighted by Crippen LogP contribution is 2.27. The summed E-state index contributed by atoms with van der Waals surface area (Å²) < 4.78 is 0. The van der Waals surface area contributed by atoms with Gasteiger partial charge in [0.15, 0.2) is 0 Å². The van der Waals surface area contributed by atoms with E-state index in [0.29, 0.717) is 54.0 Å². The molecule has 1 aromatic carbocycles. The molecule has 0 aliphatic carbocycles. The Kier molecular flexibility index (Phi) is 7.05. The van der Waals surface area contributed by atoms with Gasteiger partial charge in [-0.15, -0.1) is 0 Å². The molecule has 31 heavy (non-hydrogen) atoms. The van der Waals surface area contributed by atoms with Crippen molar-refractivity contribution in [1.82, 2.24) is 24.7 Å². The van der Waals surface area contributed by atoms with Gasteiger partial charge in [0.1, 0.15) is 12.0 Å². The number of hydrogen-bond acceptors (Lipinski definition) is 5. The normalized spacial score (nSPS) is 17.2. The fraction of sp³-hybridized carbons (Fsp3) is 0.455. The van der Waals surface area contributed by atoms with Crippen LogP contribution in [0.3, 0.4) is 0 Å². The smallest absolute Gasteiger partial charge is 0.272 e. The molecule has 0 N–H and O–H groups in total. The zero-order valence-electron chi connectivity index (χ0n) is 17.3. The minimum absolute atomic E-state index is 0.159. The largest absolute Gasteiger partial charge is 0.339 e. The summed E-state index contributed by atoms with van der Waals surface area (Å²) in [5, 5.41) is 0.889. The van der Waals surface area contributed by atoms with E-state index in [1.165, 1.54) is 19.2 Å². The zero-order chi connectivity index (χ0) is 21.8. The first-order valence-electron chi connectivity index (χ1n) is 10.6. The van der Waals surface area contributed by atoms with Crippen molar-refractivity contribution in [3.05, 3.63) is 46.3 Å². The topological polar surface area (TPSA) is 69.6 Å². The van der Waals surface area contributed by atoms with Crippen LogP contribution in [0.25, 0.3) is 11.3 Å². The van der Waals surface area contributed by atoms with E-state index in [4.69, 9.17) is 23.2 Å². The van der Waals surface area contributed by atoms with Crippen LogP contribution in [0.1, 0.15) is 29.8 Å². The van der Waals surface area contributed by atoms with E-state index in [2.05, 4.69) is 14.9 Å². The minimum Gasteiger partial charge on any atom is -0.339 e. The van der Waals surface area contributed by atoms with Crippen molar-refractivity contribution in [1.29, 1.82) is 0 Å². The molecule has 9 heteroatoms. The van der Waals surface area contributed by atoms with E-state index in [1.807, 2.05) is 4.90 Å². The van der Waals surface area contributed by atoms with Gasteiger partial charge in [-0.3, -0.25) is 9.59 Å². The highest BCUT2D eigenvalue weighted by molar-refractivity contribution is 6.42.